The van der Waals surface area contributed by atoms with Crippen molar-refractivity contribution in [2.75, 3.05) is 54.6 Å². The molecule has 0 saturated carbocycles. The number of guanidine groups is 1. The molecule has 1 unspecified atom stereocenters. The van der Waals surface area contributed by atoms with Crippen molar-refractivity contribution >= 4 is 5.96 Å². The van der Waals surface area contributed by atoms with E-state index in [1.165, 1.54) is 12.8 Å². The zero-order chi connectivity index (χ0) is 18.8. The summed E-state index contributed by atoms with van der Waals surface area (Å²) in [6.07, 6.45) is 2.45. The van der Waals surface area contributed by atoms with Crippen LogP contribution in [0.5, 0.6) is 11.5 Å². The molecule has 1 atom stereocenters. The normalized spacial score (nSPS) is 18.0. The quantitative estimate of drug-likeness (QED) is 0.511. The minimum absolute atomic E-state index is 0.527. The molecule has 1 aliphatic rings. The van der Waals surface area contributed by atoms with E-state index in [1.54, 1.807) is 28.4 Å². The number of methoxy groups -OCH3 is 3. The van der Waals surface area contributed by atoms with E-state index in [4.69, 9.17) is 14.2 Å². The van der Waals surface area contributed by atoms with Gasteiger partial charge in [-0.1, -0.05) is 0 Å². The summed E-state index contributed by atoms with van der Waals surface area (Å²) in [5.74, 6) is 2.38. The van der Waals surface area contributed by atoms with Gasteiger partial charge in [0.1, 0.15) is 11.5 Å². The molecule has 0 aromatic heterocycles. The summed E-state index contributed by atoms with van der Waals surface area (Å²) < 4.78 is 15.9. The molecule has 2 rings (SSSR count). The molecule has 1 aliphatic heterocycles. The molecule has 0 radical (unpaired) electrons. The summed E-state index contributed by atoms with van der Waals surface area (Å²) >= 11 is 0. The number of nitrogens with one attached hydrogen (secondary N) is 2. The van der Waals surface area contributed by atoms with Crippen molar-refractivity contribution < 1.29 is 14.2 Å². The van der Waals surface area contributed by atoms with Crippen LogP contribution in [-0.4, -0.2) is 71.5 Å². The second-order valence-corrected chi connectivity index (χ2v) is 6.31. The number of aliphatic imine (C=N–C) groups is 1. The zero-order valence-corrected chi connectivity index (χ0v) is 16.4. The van der Waals surface area contributed by atoms with Gasteiger partial charge in [0.05, 0.1) is 20.8 Å². The monoisotopic (exact) mass is 364 g/mol. The Morgan fingerprint density at radius 2 is 2.08 bits per heavy atom. The Morgan fingerprint density at radius 3 is 2.77 bits per heavy atom. The van der Waals surface area contributed by atoms with Crippen LogP contribution in [0.1, 0.15) is 18.4 Å². The SMILES string of the molecule is CN=C(NCc1ccc(OC)cc1OC)NCC1CCCN1CCOC. The minimum atomic E-state index is 0.527. The molecule has 0 aliphatic carbocycles. The maximum Gasteiger partial charge on any atom is 0.191 e. The van der Waals surface area contributed by atoms with Crippen molar-refractivity contribution in [2.45, 2.75) is 25.4 Å². The molecule has 7 nitrogen and oxygen atoms in total. The lowest BCUT2D eigenvalue weighted by atomic mass is 10.2. The Hall–Kier alpha value is -1.99. The number of hydrogen-bond acceptors (Lipinski definition) is 5. The average Bonchev–Trinajstić information content (AvgIpc) is 3.13. The van der Waals surface area contributed by atoms with Gasteiger partial charge >= 0.3 is 0 Å². The Morgan fingerprint density at radius 1 is 1.23 bits per heavy atom. The minimum Gasteiger partial charge on any atom is -0.497 e. The van der Waals surface area contributed by atoms with E-state index in [9.17, 15) is 0 Å². The largest absolute Gasteiger partial charge is 0.497 e. The lowest BCUT2D eigenvalue weighted by molar-refractivity contribution is 0.141. The van der Waals surface area contributed by atoms with Crippen LogP contribution >= 0.6 is 0 Å². The molecule has 26 heavy (non-hydrogen) atoms. The number of rotatable bonds is 9. The molecular weight excluding hydrogens is 332 g/mol. The molecule has 0 bridgehead atoms. The van der Waals surface area contributed by atoms with Crippen LogP contribution in [0.25, 0.3) is 0 Å². The number of hydrogen-bond donors (Lipinski definition) is 2. The van der Waals surface area contributed by atoms with Crippen molar-refractivity contribution in [1.82, 2.24) is 15.5 Å². The van der Waals surface area contributed by atoms with Crippen LogP contribution in [0, 0.1) is 0 Å². The fraction of sp³-hybridized carbons (Fsp3) is 0.632. The number of nitrogens with zero attached hydrogens (tertiary/aromatic N) is 2. The van der Waals surface area contributed by atoms with Gasteiger partial charge in [-0.25, -0.2) is 0 Å². The van der Waals surface area contributed by atoms with E-state index in [0.717, 1.165) is 49.3 Å². The highest BCUT2D eigenvalue weighted by Gasteiger charge is 2.23. The Labute approximate surface area is 156 Å². The predicted molar refractivity (Wildman–Crippen MR) is 104 cm³/mol. The van der Waals surface area contributed by atoms with Gasteiger partial charge in [-0.2, -0.15) is 0 Å². The van der Waals surface area contributed by atoms with Crippen molar-refractivity contribution in [2.24, 2.45) is 4.99 Å². The van der Waals surface area contributed by atoms with Gasteiger partial charge in [-0.3, -0.25) is 9.89 Å². The fourth-order valence-corrected chi connectivity index (χ4v) is 3.24. The summed E-state index contributed by atoms with van der Waals surface area (Å²) in [5, 5.41) is 6.79. The second-order valence-electron chi connectivity index (χ2n) is 6.31. The molecular formula is C19H32N4O3. The third-order valence-electron chi connectivity index (χ3n) is 4.75. The average molecular weight is 364 g/mol. The Balaban J connectivity index is 1.84. The van der Waals surface area contributed by atoms with Crippen molar-refractivity contribution in [1.29, 1.82) is 0 Å². The predicted octanol–water partition coefficient (Wildman–Crippen LogP) is 1.48. The van der Waals surface area contributed by atoms with Crippen LogP contribution in [0.4, 0.5) is 0 Å². The zero-order valence-electron chi connectivity index (χ0n) is 16.4. The first-order valence-corrected chi connectivity index (χ1v) is 9.10. The van der Waals surface area contributed by atoms with Gasteiger partial charge < -0.3 is 24.8 Å². The number of benzene rings is 1. The molecule has 146 valence electrons. The van der Waals surface area contributed by atoms with E-state index >= 15 is 0 Å². The smallest absolute Gasteiger partial charge is 0.191 e. The molecule has 7 heteroatoms. The van der Waals surface area contributed by atoms with Crippen molar-refractivity contribution in [3.8, 4) is 11.5 Å². The van der Waals surface area contributed by atoms with Gasteiger partial charge in [0.15, 0.2) is 5.96 Å². The van der Waals surface area contributed by atoms with Crippen molar-refractivity contribution in [3.63, 3.8) is 0 Å². The maximum atomic E-state index is 5.45. The van der Waals surface area contributed by atoms with Gasteiger partial charge in [-0.15, -0.1) is 0 Å². The highest BCUT2D eigenvalue weighted by molar-refractivity contribution is 5.79. The van der Waals surface area contributed by atoms with E-state index in [2.05, 4.69) is 20.5 Å². The van der Waals surface area contributed by atoms with E-state index in [1.807, 2.05) is 18.2 Å². The Kier molecular flexibility index (Phi) is 8.50. The van der Waals surface area contributed by atoms with E-state index < -0.39 is 0 Å². The first-order valence-electron chi connectivity index (χ1n) is 9.10. The summed E-state index contributed by atoms with van der Waals surface area (Å²) in [5.41, 5.74) is 1.05. The molecule has 1 heterocycles. The first kappa shape index (κ1) is 20.3. The van der Waals surface area contributed by atoms with E-state index in [0.29, 0.717) is 12.6 Å². The van der Waals surface area contributed by atoms with Gasteiger partial charge in [0.2, 0.25) is 0 Å². The molecule has 0 spiro atoms. The molecule has 2 N–H and O–H groups in total. The van der Waals surface area contributed by atoms with Crippen LogP contribution in [0.2, 0.25) is 0 Å². The summed E-state index contributed by atoms with van der Waals surface area (Å²) in [6.45, 7) is 4.41. The summed E-state index contributed by atoms with van der Waals surface area (Å²) in [6, 6.07) is 6.35. The number of ether oxygens (including phenoxy) is 3. The van der Waals surface area contributed by atoms with Gasteiger partial charge in [0.25, 0.3) is 0 Å². The maximum absolute atomic E-state index is 5.45. The molecule has 1 aromatic rings. The standard InChI is InChI=1S/C19H32N4O3/c1-20-19(22-14-16-6-5-9-23(16)10-11-24-2)21-13-15-7-8-17(25-3)12-18(15)26-4/h7-8,12,16H,5-6,9-11,13-14H2,1-4H3,(H2,20,21,22). The van der Waals surface area contributed by atoms with Crippen LogP contribution in [0.15, 0.2) is 23.2 Å². The highest BCUT2D eigenvalue weighted by Crippen LogP contribution is 2.24. The summed E-state index contributed by atoms with van der Waals surface area (Å²) in [7, 11) is 6.86. The molecule has 1 saturated heterocycles. The van der Waals surface area contributed by atoms with Crippen LogP contribution in [0.3, 0.4) is 0 Å². The topological polar surface area (TPSA) is 67.4 Å². The van der Waals surface area contributed by atoms with Gasteiger partial charge in [-0.05, 0) is 31.5 Å². The van der Waals surface area contributed by atoms with Crippen LogP contribution < -0.4 is 20.1 Å². The third-order valence-corrected chi connectivity index (χ3v) is 4.75. The lowest BCUT2D eigenvalue weighted by Crippen LogP contribution is -2.45. The highest BCUT2D eigenvalue weighted by atomic mass is 16.5. The van der Waals surface area contributed by atoms with Crippen molar-refractivity contribution in [3.05, 3.63) is 23.8 Å². The third kappa shape index (κ3) is 5.78. The van der Waals surface area contributed by atoms with Gasteiger partial charge in [0, 0.05) is 51.5 Å². The van der Waals surface area contributed by atoms with Crippen LogP contribution in [-0.2, 0) is 11.3 Å². The number of likely N-dealkylation sites (tertiary alicyclic amines) is 1. The van der Waals surface area contributed by atoms with E-state index in [-0.39, 0.29) is 0 Å². The summed E-state index contributed by atoms with van der Waals surface area (Å²) in [4.78, 5) is 6.81. The molecule has 0 amide bonds. The second kappa shape index (κ2) is 10.9. The first-order chi connectivity index (χ1) is 12.7. The lowest BCUT2D eigenvalue weighted by Gasteiger charge is -2.25. The molecule has 1 aromatic carbocycles. The Bertz CT molecular complexity index is 580. The molecule has 1 fully saturated rings. The fourth-order valence-electron chi connectivity index (χ4n) is 3.24.